The Morgan fingerprint density at radius 2 is 2.37 bits per heavy atom. The molecule has 1 amide bonds. The zero-order chi connectivity index (χ0) is 14.3. The van der Waals surface area contributed by atoms with Gasteiger partial charge in [-0.2, -0.15) is 5.10 Å². The van der Waals surface area contributed by atoms with Gasteiger partial charge in [-0.25, -0.2) is 4.68 Å². The number of nitrogens with zero attached hydrogens (tertiary/aromatic N) is 2. The maximum atomic E-state index is 11.8. The lowest BCUT2D eigenvalue weighted by Crippen LogP contribution is -2.25. The molecule has 1 heterocycles. The molecule has 1 aromatic heterocycles. The lowest BCUT2D eigenvalue weighted by atomic mass is 10.4. The minimum Gasteiger partial charge on any atom is -0.380 e. The molecule has 3 N–H and O–H groups in total. The molecule has 0 aromatic carbocycles. The molecule has 1 rings (SSSR count). The molecule has 0 spiro atoms. The van der Waals surface area contributed by atoms with Gasteiger partial charge >= 0.3 is 0 Å². The highest BCUT2D eigenvalue weighted by atomic mass is 35.5. The van der Waals surface area contributed by atoms with Crippen LogP contribution in [0.3, 0.4) is 0 Å². The van der Waals surface area contributed by atoms with Crippen LogP contribution in [0.15, 0.2) is 11.0 Å². The van der Waals surface area contributed by atoms with Crippen molar-refractivity contribution in [3.05, 3.63) is 21.6 Å². The monoisotopic (exact) mass is 288 g/mol. The molecule has 0 atom stereocenters. The topological polar surface area (TPSA) is 99.2 Å². The van der Waals surface area contributed by atoms with E-state index in [1.165, 1.54) is 10.9 Å². The quantitative estimate of drug-likeness (QED) is 0.667. The van der Waals surface area contributed by atoms with E-state index in [1.54, 1.807) is 0 Å². The van der Waals surface area contributed by atoms with E-state index < -0.39 is 5.91 Å². The van der Waals surface area contributed by atoms with E-state index in [0.717, 1.165) is 6.42 Å². The highest BCUT2D eigenvalue weighted by molar-refractivity contribution is 6.32. The van der Waals surface area contributed by atoms with E-state index in [1.807, 2.05) is 6.92 Å². The summed E-state index contributed by atoms with van der Waals surface area (Å²) < 4.78 is 6.28. The van der Waals surface area contributed by atoms with Crippen LogP contribution in [-0.2, 0) is 16.1 Å². The van der Waals surface area contributed by atoms with E-state index in [4.69, 9.17) is 22.1 Å². The molecule has 0 saturated heterocycles. The molecule has 1 aromatic rings. The molecule has 0 aliphatic carbocycles. The normalized spacial score (nSPS) is 10.4. The maximum absolute atomic E-state index is 11.8. The fourth-order valence-corrected chi connectivity index (χ4v) is 1.60. The van der Waals surface area contributed by atoms with Crippen LogP contribution in [0.5, 0.6) is 0 Å². The van der Waals surface area contributed by atoms with Gasteiger partial charge in [0.25, 0.3) is 5.56 Å². The first-order valence-corrected chi connectivity index (χ1v) is 6.29. The van der Waals surface area contributed by atoms with Gasteiger partial charge in [0.05, 0.1) is 18.5 Å². The van der Waals surface area contributed by atoms with Gasteiger partial charge in [0.1, 0.15) is 11.6 Å². The number of primary amides is 1. The van der Waals surface area contributed by atoms with E-state index in [0.29, 0.717) is 18.8 Å². The minimum absolute atomic E-state index is 0.0957. The summed E-state index contributed by atoms with van der Waals surface area (Å²) in [5.41, 5.74) is 5.03. The van der Waals surface area contributed by atoms with Crippen molar-refractivity contribution in [2.45, 2.75) is 19.9 Å². The second-order valence-corrected chi connectivity index (χ2v) is 4.22. The van der Waals surface area contributed by atoms with Crippen LogP contribution >= 0.6 is 11.6 Å². The zero-order valence-electron chi connectivity index (χ0n) is 10.7. The summed E-state index contributed by atoms with van der Waals surface area (Å²) in [6.45, 7) is 3.01. The van der Waals surface area contributed by atoms with Crippen LogP contribution in [0, 0.1) is 0 Å². The van der Waals surface area contributed by atoms with E-state index >= 15 is 0 Å². The summed E-state index contributed by atoms with van der Waals surface area (Å²) in [6.07, 6.45) is 2.30. The van der Waals surface area contributed by atoms with Gasteiger partial charge in [-0.1, -0.05) is 18.5 Å². The lowest BCUT2D eigenvalue weighted by Gasteiger charge is -2.09. The van der Waals surface area contributed by atoms with Crippen LogP contribution in [0.1, 0.15) is 13.3 Å². The van der Waals surface area contributed by atoms with Crippen molar-refractivity contribution < 1.29 is 9.53 Å². The first kappa shape index (κ1) is 15.5. The first-order valence-electron chi connectivity index (χ1n) is 5.91. The van der Waals surface area contributed by atoms with Gasteiger partial charge in [0, 0.05) is 13.1 Å². The van der Waals surface area contributed by atoms with Crippen molar-refractivity contribution in [1.82, 2.24) is 9.78 Å². The summed E-state index contributed by atoms with van der Waals surface area (Å²) in [6, 6.07) is 0. The van der Waals surface area contributed by atoms with Crippen LogP contribution in [0.4, 0.5) is 5.69 Å². The Morgan fingerprint density at radius 1 is 1.63 bits per heavy atom. The number of amides is 1. The van der Waals surface area contributed by atoms with Crippen molar-refractivity contribution in [3.63, 3.8) is 0 Å². The van der Waals surface area contributed by atoms with Gasteiger partial charge in [-0.3, -0.25) is 9.59 Å². The SMILES string of the molecule is CCCn1ncc(NCCOCC(N)=O)c(Cl)c1=O. The summed E-state index contributed by atoms with van der Waals surface area (Å²) in [5.74, 6) is -0.526. The second kappa shape index (κ2) is 7.75. The van der Waals surface area contributed by atoms with Gasteiger partial charge in [-0.15, -0.1) is 0 Å². The summed E-state index contributed by atoms with van der Waals surface area (Å²) in [5, 5.41) is 7.01. The molecule has 0 aliphatic rings. The fourth-order valence-electron chi connectivity index (χ4n) is 1.39. The van der Waals surface area contributed by atoms with Crippen LogP contribution < -0.4 is 16.6 Å². The standard InChI is InChI=1S/C11H17ClN4O3/c1-2-4-16-11(18)10(12)8(6-15-16)14-3-5-19-7-9(13)17/h6,14H,2-5,7H2,1H3,(H2,13,17). The molecule has 0 fully saturated rings. The number of halogens is 1. The Bertz CT molecular complexity index is 489. The number of aromatic nitrogens is 2. The molecule has 8 heteroatoms. The third-order valence-electron chi connectivity index (χ3n) is 2.23. The maximum Gasteiger partial charge on any atom is 0.287 e. The van der Waals surface area contributed by atoms with Crippen LogP contribution in [-0.4, -0.2) is 35.4 Å². The molecule has 0 aliphatic heterocycles. The Hall–Kier alpha value is -1.60. The number of nitrogens with two attached hydrogens (primary N) is 1. The van der Waals surface area contributed by atoms with Gasteiger partial charge in [0.15, 0.2) is 0 Å². The van der Waals surface area contributed by atoms with Gasteiger partial charge in [-0.05, 0) is 6.42 Å². The molecule has 0 bridgehead atoms. The second-order valence-electron chi connectivity index (χ2n) is 3.85. The van der Waals surface area contributed by atoms with Gasteiger partial charge < -0.3 is 15.8 Å². The molecular formula is C11H17ClN4O3. The Balaban J connectivity index is 2.53. The number of carbonyl (C=O) groups excluding carboxylic acids is 1. The van der Waals surface area contributed by atoms with Crippen molar-refractivity contribution in [2.75, 3.05) is 25.1 Å². The van der Waals surface area contributed by atoms with Gasteiger partial charge in [0.2, 0.25) is 5.91 Å². The number of ether oxygens (including phenoxy) is 1. The van der Waals surface area contributed by atoms with Crippen molar-refractivity contribution in [1.29, 1.82) is 0 Å². The van der Waals surface area contributed by atoms with Crippen LogP contribution in [0.2, 0.25) is 5.02 Å². The van der Waals surface area contributed by atoms with Crippen molar-refractivity contribution >= 4 is 23.2 Å². The molecule has 0 unspecified atom stereocenters. The summed E-state index contributed by atoms with van der Waals surface area (Å²) in [7, 11) is 0. The van der Waals surface area contributed by atoms with E-state index in [-0.39, 0.29) is 23.8 Å². The molecule has 7 nitrogen and oxygen atoms in total. The summed E-state index contributed by atoms with van der Waals surface area (Å²) in [4.78, 5) is 22.2. The third kappa shape index (κ3) is 4.88. The predicted octanol–water partition coefficient (Wildman–Crippen LogP) is 0.221. The van der Waals surface area contributed by atoms with Crippen molar-refractivity contribution in [3.8, 4) is 0 Å². The molecule has 19 heavy (non-hydrogen) atoms. The largest absolute Gasteiger partial charge is 0.380 e. The summed E-state index contributed by atoms with van der Waals surface area (Å²) >= 11 is 5.95. The molecular weight excluding hydrogens is 272 g/mol. The third-order valence-corrected chi connectivity index (χ3v) is 2.59. The van der Waals surface area contributed by atoms with E-state index in [2.05, 4.69) is 10.4 Å². The number of nitrogens with one attached hydrogen (secondary N) is 1. The lowest BCUT2D eigenvalue weighted by molar-refractivity contribution is -0.122. The Morgan fingerprint density at radius 3 is 3.00 bits per heavy atom. The zero-order valence-corrected chi connectivity index (χ0v) is 11.4. The minimum atomic E-state index is -0.526. The number of rotatable bonds is 8. The molecule has 106 valence electrons. The van der Waals surface area contributed by atoms with E-state index in [9.17, 15) is 9.59 Å². The van der Waals surface area contributed by atoms with Crippen LogP contribution in [0.25, 0.3) is 0 Å². The fraction of sp³-hybridized carbons (Fsp3) is 0.545. The highest BCUT2D eigenvalue weighted by Gasteiger charge is 2.08. The average molecular weight is 289 g/mol. The smallest absolute Gasteiger partial charge is 0.287 e. The molecule has 0 saturated carbocycles. The Kier molecular flexibility index (Phi) is 6.31. The number of hydrogen-bond donors (Lipinski definition) is 2. The highest BCUT2D eigenvalue weighted by Crippen LogP contribution is 2.14. The number of hydrogen-bond acceptors (Lipinski definition) is 5. The first-order chi connectivity index (χ1) is 9.06. The number of carbonyl (C=O) groups is 1. The van der Waals surface area contributed by atoms with Crippen molar-refractivity contribution in [2.24, 2.45) is 5.73 Å². The predicted molar refractivity (Wildman–Crippen MR) is 72.3 cm³/mol. The number of aryl methyl sites for hydroxylation is 1. The Labute approximate surface area is 115 Å². The number of anilines is 1. The molecule has 0 radical (unpaired) electrons. The average Bonchev–Trinajstić information content (AvgIpc) is 2.37.